The van der Waals surface area contributed by atoms with Crippen molar-refractivity contribution < 1.29 is 9.53 Å². The number of amides is 1. The fourth-order valence-electron chi connectivity index (χ4n) is 2.80. The predicted molar refractivity (Wildman–Crippen MR) is 83.5 cm³/mol. The summed E-state index contributed by atoms with van der Waals surface area (Å²) >= 11 is 1.75. The van der Waals surface area contributed by atoms with Gasteiger partial charge in [0.15, 0.2) is 0 Å². The van der Waals surface area contributed by atoms with Crippen LogP contribution in [0, 0.1) is 11.3 Å². The molecule has 0 bridgehead atoms. The molecule has 2 rings (SSSR count). The molecule has 1 heterocycles. The maximum atomic E-state index is 12.2. The summed E-state index contributed by atoms with van der Waals surface area (Å²) in [4.78, 5) is 13.6. The zero-order chi connectivity index (χ0) is 14.8. The Labute approximate surface area is 125 Å². The summed E-state index contributed by atoms with van der Waals surface area (Å²) in [6.45, 7) is 8.08. The van der Waals surface area contributed by atoms with Crippen molar-refractivity contribution in [2.24, 2.45) is 11.3 Å². The topological polar surface area (TPSA) is 38.3 Å². The summed E-state index contributed by atoms with van der Waals surface area (Å²) in [6, 6.07) is 0. The van der Waals surface area contributed by atoms with Gasteiger partial charge in [0.1, 0.15) is 0 Å². The Morgan fingerprint density at radius 2 is 2.25 bits per heavy atom. The van der Waals surface area contributed by atoms with Gasteiger partial charge >= 0.3 is 0 Å². The van der Waals surface area contributed by atoms with E-state index in [2.05, 4.69) is 26.1 Å². The standard InChI is InChI=1S/C16H25NO2S/c1-16(2,3)11-5-6-12-13(10-20-14(12)9-11)15(18)17-7-8-19-4/h10-11H,5-9H2,1-4H3,(H,17,18). The van der Waals surface area contributed by atoms with Crippen LogP contribution in [-0.4, -0.2) is 26.2 Å². The molecular formula is C16H25NO2S. The summed E-state index contributed by atoms with van der Waals surface area (Å²) in [6.07, 6.45) is 3.34. The summed E-state index contributed by atoms with van der Waals surface area (Å²) in [5.74, 6) is 0.770. The van der Waals surface area contributed by atoms with Crippen molar-refractivity contribution in [2.75, 3.05) is 20.3 Å². The van der Waals surface area contributed by atoms with Gasteiger partial charge in [-0.1, -0.05) is 20.8 Å². The third kappa shape index (κ3) is 3.41. The molecular weight excluding hydrogens is 270 g/mol. The second kappa shape index (κ2) is 6.27. The molecule has 0 spiro atoms. The van der Waals surface area contributed by atoms with Crippen molar-refractivity contribution in [3.8, 4) is 0 Å². The van der Waals surface area contributed by atoms with Gasteiger partial charge in [-0.2, -0.15) is 0 Å². The predicted octanol–water partition coefficient (Wildman–Crippen LogP) is 3.28. The van der Waals surface area contributed by atoms with Gasteiger partial charge in [-0.05, 0) is 36.2 Å². The van der Waals surface area contributed by atoms with Gasteiger partial charge in [-0.25, -0.2) is 0 Å². The molecule has 0 saturated carbocycles. The molecule has 0 fully saturated rings. The summed E-state index contributed by atoms with van der Waals surface area (Å²) in [7, 11) is 1.64. The molecule has 1 amide bonds. The highest BCUT2D eigenvalue weighted by Crippen LogP contribution is 2.40. The second-order valence-corrected chi connectivity index (χ2v) is 7.57. The van der Waals surface area contributed by atoms with E-state index in [0.29, 0.717) is 18.6 Å². The number of rotatable bonds is 4. The van der Waals surface area contributed by atoms with Crippen molar-refractivity contribution in [1.82, 2.24) is 5.32 Å². The van der Waals surface area contributed by atoms with Gasteiger partial charge in [0.2, 0.25) is 0 Å². The van der Waals surface area contributed by atoms with E-state index in [9.17, 15) is 4.79 Å². The number of thiophene rings is 1. The Hall–Kier alpha value is -0.870. The lowest BCUT2D eigenvalue weighted by Gasteiger charge is -2.34. The average Bonchev–Trinajstić information content (AvgIpc) is 2.80. The first-order valence-electron chi connectivity index (χ1n) is 7.30. The molecule has 0 aliphatic heterocycles. The highest BCUT2D eigenvalue weighted by atomic mass is 32.1. The van der Waals surface area contributed by atoms with Crippen LogP contribution in [0.1, 0.15) is 48.0 Å². The molecule has 20 heavy (non-hydrogen) atoms. The first-order valence-corrected chi connectivity index (χ1v) is 8.18. The Morgan fingerprint density at radius 1 is 1.50 bits per heavy atom. The van der Waals surface area contributed by atoms with Crippen molar-refractivity contribution in [1.29, 1.82) is 0 Å². The number of fused-ring (bicyclic) bond motifs is 1. The number of nitrogens with one attached hydrogen (secondary N) is 1. The Balaban J connectivity index is 2.06. The van der Waals surface area contributed by atoms with Gasteiger partial charge in [0.05, 0.1) is 12.2 Å². The van der Waals surface area contributed by atoms with E-state index in [0.717, 1.165) is 24.3 Å². The molecule has 1 aromatic rings. The third-order valence-electron chi connectivity index (χ3n) is 4.22. The molecule has 1 aromatic heterocycles. The van der Waals surface area contributed by atoms with Crippen LogP contribution in [0.2, 0.25) is 0 Å². The first-order chi connectivity index (χ1) is 9.43. The van der Waals surface area contributed by atoms with Crippen LogP contribution >= 0.6 is 11.3 Å². The molecule has 112 valence electrons. The monoisotopic (exact) mass is 295 g/mol. The van der Waals surface area contributed by atoms with Crippen molar-refractivity contribution in [3.05, 3.63) is 21.4 Å². The Bertz CT molecular complexity index is 473. The van der Waals surface area contributed by atoms with E-state index in [1.165, 1.54) is 16.9 Å². The number of hydrogen-bond donors (Lipinski definition) is 1. The summed E-state index contributed by atoms with van der Waals surface area (Å²) in [5, 5.41) is 4.95. The van der Waals surface area contributed by atoms with Crippen LogP contribution in [-0.2, 0) is 17.6 Å². The number of carbonyl (C=O) groups is 1. The minimum Gasteiger partial charge on any atom is -0.383 e. The molecule has 1 unspecified atom stereocenters. The van der Waals surface area contributed by atoms with Gasteiger partial charge in [0, 0.05) is 23.9 Å². The van der Waals surface area contributed by atoms with Crippen LogP contribution in [0.15, 0.2) is 5.38 Å². The highest BCUT2D eigenvalue weighted by molar-refractivity contribution is 7.10. The molecule has 1 aliphatic carbocycles. The van der Waals surface area contributed by atoms with E-state index in [4.69, 9.17) is 4.74 Å². The van der Waals surface area contributed by atoms with E-state index >= 15 is 0 Å². The van der Waals surface area contributed by atoms with Gasteiger partial charge in [-0.15, -0.1) is 11.3 Å². The van der Waals surface area contributed by atoms with Gasteiger partial charge in [0.25, 0.3) is 5.91 Å². The largest absolute Gasteiger partial charge is 0.383 e. The van der Waals surface area contributed by atoms with Crippen molar-refractivity contribution in [2.45, 2.75) is 40.0 Å². The van der Waals surface area contributed by atoms with E-state index in [-0.39, 0.29) is 5.91 Å². The zero-order valence-electron chi connectivity index (χ0n) is 12.9. The quantitative estimate of drug-likeness (QED) is 0.866. The number of ether oxygens (including phenoxy) is 1. The van der Waals surface area contributed by atoms with Gasteiger partial charge in [-0.3, -0.25) is 4.79 Å². The van der Waals surface area contributed by atoms with Crippen LogP contribution in [0.3, 0.4) is 0 Å². The zero-order valence-corrected chi connectivity index (χ0v) is 13.7. The third-order valence-corrected chi connectivity index (χ3v) is 5.27. The van der Waals surface area contributed by atoms with Crippen LogP contribution in [0.25, 0.3) is 0 Å². The second-order valence-electron chi connectivity index (χ2n) is 6.61. The molecule has 0 saturated heterocycles. The minimum atomic E-state index is 0.0498. The molecule has 4 heteroatoms. The normalized spacial score (nSPS) is 18.7. The highest BCUT2D eigenvalue weighted by Gasteiger charge is 2.31. The fraction of sp³-hybridized carbons (Fsp3) is 0.688. The van der Waals surface area contributed by atoms with Crippen LogP contribution in [0.5, 0.6) is 0 Å². The van der Waals surface area contributed by atoms with Crippen LogP contribution < -0.4 is 5.32 Å². The molecule has 1 N–H and O–H groups in total. The SMILES string of the molecule is COCCNC(=O)c1csc2c1CCC(C(C)(C)C)C2. The lowest BCUT2D eigenvalue weighted by atomic mass is 9.72. The molecule has 1 atom stereocenters. The molecule has 1 aliphatic rings. The van der Waals surface area contributed by atoms with Gasteiger partial charge < -0.3 is 10.1 Å². The maximum absolute atomic E-state index is 12.2. The Morgan fingerprint density at radius 3 is 2.90 bits per heavy atom. The number of hydrogen-bond acceptors (Lipinski definition) is 3. The fourth-order valence-corrected chi connectivity index (χ4v) is 3.97. The summed E-state index contributed by atoms with van der Waals surface area (Å²) < 4.78 is 4.96. The number of methoxy groups -OCH3 is 1. The van der Waals surface area contributed by atoms with Crippen molar-refractivity contribution >= 4 is 17.2 Å². The average molecular weight is 295 g/mol. The molecule has 3 nitrogen and oxygen atoms in total. The molecule has 0 aromatic carbocycles. The summed E-state index contributed by atoms with van der Waals surface area (Å²) in [5.41, 5.74) is 2.52. The first kappa shape index (κ1) is 15.5. The van der Waals surface area contributed by atoms with Crippen molar-refractivity contribution in [3.63, 3.8) is 0 Å². The van der Waals surface area contributed by atoms with Crippen LogP contribution in [0.4, 0.5) is 0 Å². The van der Waals surface area contributed by atoms with E-state index in [1.54, 1.807) is 18.4 Å². The lowest BCUT2D eigenvalue weighted by Crippen LogP contribution is -2.29. The smallest absolute Gasteiger partial charge is 0.252 e. The Kier molecular flexibility index (Phi) is 4.86. The minimum absolute atomic E-state index is 0.0498. The number of carbonyl (C=O) groups excluding carboxylic acids is 1. The van der Waals surface area contributed by atoms with E-state index in [1.807, 2.05) is 5.38 Å². The maximum Gasteiger partial charge on any atom is 0.252 e. The lowest BCUT2D eigenvalue weighted by molar-refractivity contribution is 0.0936. The van der Waals surface area contributed by atoms with E-state index < -0.39 is 0 Å². The molecule has 0 radical (unpaired) electrons.